The van der Waals surface area contributed by atoms with Gasteiger partial charge >= 0.3 is 0 Å². The van der Waals surface area contributed by atoms with E-state index in [0.717, 1.165) is 11.4 Å². The Balaban J connectivity index is 1.95. The number of hydrogen-bond donors (Lipinski definition) is 1. The molecule has 0 unspecified atom stereocenters. The van der Waals surface area contributed by atoms with Gasteiger partial charge in [-0.1, -0.05) is 18.2 Å². The van der Waals surface area contributed by atoms with Crippen LogP contribution < -0.4 is 5.73 Å². The van der Waals surface area contributed by atoms with Crippen molar-refractivity contribution in [3.8, 4) is 5.69 Å². The largest absolute Gasteiger partial charge is 0.373 e. The van der Waals surface area contributed by atoms with E-state index in [2.05, 4.69) is 5.10 Å². The third kappa shape index (κ3) is 3.68. The summed E-state index contributed by atoms with van der Waals surface area (Å²) in [5, 5.41) is 4.45. The monoisotopic (exact) mass is 245 g/mol. The van der Waals surface area contributed by atoms with E-state index in [9.17, 15) is 0 Å². The highest BCUT2D eigenvalue weighted by atomic mass is 16.5. The molecule has 0 radical (unpaired) electrons. The van der Waals surface area contributed by atoms with Crippen LogP contribution in [0.15, 0.2) is 42.6 Å². The highest BCUT2D eigenvalue weighted by Crippen LogP contribution is 2.08. The van der Waals surface area contributed by atoms with E-state index in [4.69, 9.17) is 10.5 Å². The van der Waals surface area contributed by atoms with Crippen molar-refractivity contribution in [3.05, 3.63) is 48.3 Å². The van der Waals surface area contributed by atoms with Crippen molar-refractivity contribution >= 4 is 0 Å². The van der Waals surface area contributed by atoms with Crippen LogP contribution in [0.4, 0.5) is 0 Å². The molecule has 0 atom stereocenters. The molecule has 2 N–H and O–H groups in total. The Morgan fingerprint density at radius 3 is 2.61 bits per heavy atom. The molecule has 0 aliphatic heterocycles. The summed E-state index contributed by atoms with van der Waals surface area (Å²) in [7, 11) is 0. The van der Waals surface area contributed by atoms with Crippen LogP contribution in [0.25, 0.3) is 5.69 Å². The lowest BCUT2D eigenvalue weighted by atomic mass is 10.1. The number of benzene rings is 1. The topological polar surface area (TPSA) is 53.1 Å². The minimum atomic E-state index is -0.304. The summed E-state index contributed by atoms with van der Waals surface area (Å²) in [4.78, 5) is 0. The van der Waals surface area contributed by atoms with E-state index in [0.29, 0.717) is 13.2 Å². The van der Waals surface area contributed by atoms with Crippen LogP contribution in [0.1, 0.15) is 19.5 Å². The SMILES string of the molecule is CC(C)(N)COCc1ccn(-c2ccccc2)n1. The van der Waals surface area contributed by atoms with E-state index in [1.54, 1.807) is 0 Å². The Morgan fingerprint density at radius 2 is 1.94 bits per heavy atom. The first-order chi connectivity index (χ1) is 8.54. The van der Waals surface area contributed by atoms with Crippen molar-refractivity contribution in [1.29, 1.82) is 0 Å². The summed E-state index contributed by atoms with van der Waals surface area (Å²) in [5.74, 6) is 0. The summed E-state index contributed by atoms with van der Waals surface area (Å²) >= 11 is 0. The molecule has 0 aliphatic rings. The molecule has 1 heterocycles. The maximum absolute atomic E-state index is 5.85. The number of para-hydroxylation sites is 1. The zero-order valence-corrected chi connectivity index (χ0v) is 10.8. The van der Waals surface area contributed by atoms with Crippen LogP contribution >= 0.6 is 0 Å². The Labute approximate surface area is 107 Å². The van der Waals surface area contributed by atoms with Gasteiger partial charge < -0.3 is 10.5 Å². The van der Waals surface area contributed by atoms with Gasteiger partial charge in [0.05, 0.1) is 24.6 Å². The molecule has 1 aromatic carbocycles. The van der Waals surface area contributed by atoms with Crippen LogP contribution in [-0.2, 0) is 11.3 Å². The zero-order chi connectivity index (χ0) is 13.0. The van der Waals surface area contributed by atoms with Gasteiger partial charge in [0.1, 0.15) is 0 Å². The lowest BCUT2D eigenvalue weighted by Crippen LogP contribution is -2.37. The number of nitrogens with zero attached hydrogens (tertiary/aromatic N) is 2. The van der Waals surface area contributed by atoms with Crippen molar-refractivity contribution in [2.24, 2.45) is 5.73 Å². The minimum Gasteiger partial charge on any atom is -0.373 e. The van der Waals surface area contributed by atoms with Gasteiger partial charge in [-0.15, -0.1) is 0 Å². The maximum Gasteiger partial charge on any atom is 0.0907 e. The summed E-state index contributed by atoms with van der Waals surface area (Å²) in [5.41, 5.74) is 7.49. The van der Waals surface area contributed by atoms with E-state index in [1.165, 1.54) is 0 Å². The molecule has 0 saturated heterocycles. The second kappa shape index (κ2) is 5.33. The standard InChI is InChI=1S/C14H19N3O/c1-14(2,15)11-18-10-12-8-9-17(16-12)13-6-4-3-5-7-13/h3-9H,10-11,15H2,1-2H3. The van der Waals surface area contributed by atoms with Crippen molar-refractivity contribution in [1.82, 2.24) is 9.78 Å². The first-order valence-corrected chi connectivity index (χ1v) is 6.01. The zero-order valence-electron chi connectivity index (χ0n) is 10.8. The summed E-state index contributed by atoms with van der Waals surface area (Å²) < 4.78 is 7.37. The Kier molecular flexibility index (Phi) is 3.79. The fraction of sp³-hybridized carbons (Fsp3) is 0.357. The predicted octanol–water partition coefficient (Wildman–Crippen LogP) is 2.13. The second-order valence-corrected chi connectivity index (χ2v) is 5.07. The van der Waals surface area contributed by atoms with E-state index in [1.807, 2.05) is 61.1 Å². The first-order valence-electron chi connectivity index (χ1n) is 6.01. The third-order valence-electron chi connectivity index (χ3n) is 2.39. The van der Waals surface area contributed by atoms with Gasteiger partial charge in [-0.25, -0.2) is 4.68 Å². The van der Waals surface area contributed by atoms with Crippen LogP contribution in [0.2, 0.25) is 0 Å². The fourth-order valence-electron chi connectivity index (χ4n) is 1.58. The van der Waals surface area contributed by atoms with Crippen LogP contribution in [-0.4, -0.2) is 21.9 Å². The summed E-state index contributed by atoms with van der Waals surface area (Å²) in [6, 6.07) is 12.0. The number of hydrogen-bond acceptors (Lipinski definition) is 3. The molecular weight excluding hydrogens is 226 g/mol. The predicted molar refractivity (Wildman–Crippen MR) is 71.5 cm³/mol. The highest BCUT2D eigenvalue weighted by Gasteiger charge is 2.10. The third-order valence-corrected chi connectivity index (χ3v) is 2.39. The molecular formula is C14H19N3O. The van der Waals surface area contributed by atoms with Crippen LogP contribution in [0.5, 0.6) is 0 Å². The fourth-order valence-corrected chi connectivity index (χ4v) is 1.58. The normalized spacial score (nSPS) is 11.7. The Bertz CT molecular complexity index is 485. The summed E-state index contributed by atoms with van der Waals surface area (Å²) in [6.07, 6.45) is 1.93. The van der Waals surface area contributed by atoms with Crippen molar-refractivity contribution < 1.29 is 4.74 Å². The number of aromatic nitrogens is 2. The van der Waals surface area contributed by atoms with Crippen molar-refractivity contribution in [2.75, 3.05) is 6.61 Å². The Hall–Kier alpha value is -1.65. The molecule has 18 heavy (non-hydrogen) atoms. The van der Waals surface area contributed by atoms with Crippen molar-refractivity contribution in [3.63, 3.8) is 0 Å². The van der Waals surface area contributed by atoms with Gasteiger partial charge in [-0.2, -0.15) is 5.10 Å². The van der Waals surface area contributed by atoms with Gasteiger partial charge in [0.15, 0.2) is 0 Å². The van der Waals surface area contributed by atoms with Gasteiger partial charge in [-0.05, 0) is 32.0 Å². The lowest BCUT2D eigenvalue weighted by molar-refractivity contribution is 0.0828. The van der Waals surface area contributed by atoms with Gasteiger partial charge in [0, 0.05) is 11.7 Å². The van der Waals surface area contributed by atoms with Crippen molar-refractivity contribution in [2.45, 2.75) is 26.0 Å². The quantitative estimate of drug-likeness (QED) is 0.878. The first kappa shape index (κ1) is 12.8. The summed E-state index contributed by atoms with van der Waals surface area (Å²) in [6.45, 7) is 4.89. The highest BCUT2D eigenvalue weighted by molar-refractivity contribution is 5.30. The average Bonchev–Trinajstić information content (AvgIpc) is 2.77. The molecule has 0 bridgehead atoms. The van der Waals surface area contributed by atoms with E-state index in [-0.39, 0.29) is 5.54 Å². The van der Waals surface area contributed by atoms with Gasteiger partial charge in [-0.3, -0.25) is 0 Å². The van der Waals surface area contributed by atoms with Crippen LogP contribution in [0, 0.1) is 0 Å². The van der Waals surface area contributed by atoms with Gasteiger partial charge in [0.2, 0.25) is 0 Å². The lowest BCUT2D eigenvalue weighted by Gasteiger charge is -2.17. The molecule has 1 aromatic heterocycles. The molecule has 0 spiro atoms. The molecule has 0 saturated carbocycles. The minimum absolute atomic E-state index is 0.304. The molecule has 2 rings (SSSR count). The molecule has 2 aromatic rings. The smallest absolute Gasteiger partial charge is 0.0907 e. The molecule has 4 heteroatoms. The molecule has 96 valence electrons. The number of rotatable bonds is 5. The molecule has 0 amide bonds. The average molecular weight is 245 g/mol. The number of nitrogens with two attached hydrogens (primary N) is 1. The molecule has 4 nitrogen and oxygen atoms in total. The molecule has 0 fully saturated rings. The second-order valence-electron chi connectivity index (χ2n) is 5.07. The van der Waals surface area contributed by atoms with E-state index >= 15 is 0 Å². The van der Waals surface area contributed by atoms with Gasteiger partial charge in [0.25, 0.3) is 0 Å². The molecule has 0 aliphatic carbocycles. The Morgan fingerprint density at radius 1 is 1.22 bits per heavy atom. The number of ether oxygens (including phenoxy) is 1. The maximum atomic E-state index is 5.85. The van der Waals surface area contributed by atoms with E-state index < -0.39 is 0 Å². The van der Waals surface area contributed by atoms with Crippen LogP contribution in [0.3, 0.4) is 0 Å².